The molecular formula is C25H31BrCl2N2O3. The molecular weight excluding hydrogens is 527 g/mol. The van der Waals surface area contributed by atoms with E-state index in [2.05, 4.69) is 42.0 Å². The maximum atomic E-state index is 13.3. The van der Waals surface area contributed by atoms with Gasteiger partial charge in [0.05, 0.1) is 4.47 Å². The molecule has 33 heavy (non-hydrogen) atoms. The highest BCUT2D eigenvalue weighted by atomic mass is 79.9. The second kappa shape index (κ2) is 12.1. The van der Waals surface area contributed by atoms with Gasteiger partial charge in [0, 0.05) is 28.7 Å². The largest absolute Gasteiger partial charge is 0.483 e. The highest BCUT2D eigenvalue weighted by molar-refractivity contribution is 9.10. The predicted octanol–water partition coefficient (Wildman–Crippen LogP) is 6.38. The van der Waals surface area contributed by atoms with Crippen LogP contribution < -0.4 is 10.1 Å². The van der Waals surface area contributed by atoms with Gasteiger partial charge in [-0.05, 0) is 64.5 Å². The first-order chi connectivity index (χ1) is 15.5. The molecule has 0 aliphatic rings. The Morgan fingerprint density at radius 3 is 2.27 bits per heavy atom. The summed E-state index contributed by atoms with van der Waals surface area (Å²) in [4.78, 5) is 27.5. The first-order valence-electron chi connectivity index (χ1n) is 10.9. The Balaban J connectivity index is 2.29. The second-order valence-corrected chi connectivity index (χ2v) is 10.4. The van der Waals surface area contributed by atoms with E-state index in [-0.39, 0.29) is 30.4 Å². The molecule has 0 aliphatic carbocycles. The smallest absolute Gasteiger partial charge is 0.261 e. The van der Waals surface area contributed by atoms with Crippen LogP contribution in [-0.4, -0.2) is 35.9 Å². The summed E-state index contributed by atoms with van der Waals surface area (Å²) >= 11 is 16.2. The third-order valence-electron chi connectivity index (χ3n) is 5.28. The number of nitrogens with one attached hydrogen (secondary N) is 1. The van der Waals surface area contributed by atoms with E-state index in [9.17, 15) is 9.59 Å². The third kappa shape index (κ3) is 7.36. The van der Waals surface area contributed by atoms with Gasteiger partial charge in [-0.15, -0.1) is 0 Å². The van der Waals surface area contributed by atoms with Crippen LogP contribution in [0.1, 0.15) is 52.2 Å². The molecule has 2 amide bonds. The quantitative estimate of drug-likeness (QED) is 0.389. The first kappa shape index (κ1) is 27.5. The van der Waals surface area contributed by atoms with Crippen LogP contribution in [0, 0.1) is 0 Å². The zero-order chi connectivity index (χ0) is 24.8. The molecule has 0 fully saturated rings. The molecule has 0 radical (unpaired) electrons. The molecule has 0 unspecified atom stereocenters. The zero-order valence-electron chi connectivity index (χ0n) is 19.7. The summed E-state index contributed by atoms with van der Waals surface area (Å²) in [6.45, 7) is 10.4. The van der Waals surface area contributed by atoms with Crippen molar-refractivity contribution in [3.05, 3.63) is 62.0 Å². The van der Waals surface area contributed by atoms with Crippen molar-refractivity contribution in [3.8, 4) is 5.75 Å². The lowest BCUT2D eigenvalue weighted by atomic mass is 9.87. The van der Waals surface area contributed by atoms with E-state index >= 15 is 0 Å². The van der Waals surface area contributed by atoms with Gasteiger partial charge >= 0.3 is 0 Å². The molecule has 0 bridgehead atoms. The Morgan fingerprint density at radius 1 is 1.12 bits per heavy atom. The molecule has 0 spiro atoms. The maximum absolute atomic E-state index is 13.3. The lowest BCUT2D eigenvalue weighted by Crippen LogP contribution is -2.50. The first-order valence-corrected chi connectivity index (χ1v) is 12.5. The summed E-state index contributed by atoms with van der Waals surface area (Å²) in [5.74, 6) is -0.0127. The molecule has 0 aliphatic heterocycles. The number of carbonyl (C=O) groups excluding carboxylic acids is 2. The zero-order valence-corrected chi connectivity index (χ0v) is 22.8. The minimum Gasteiger partial charge on any atom is -0.483 e. The van der Waals surface area contributed by atoms with Crippen molar-refractivity contribution in [2.75, 3.05) is 13.2 Å². The van der Waals surface area contributed by atoms with E-state index in [1.165, 1.54) is 4.90 Å². The Hall–Kier alpha value is -1.76. The molecule has 2 aromatic carbocycles. The van der Waals surface area contributed by atoms with Gasteiger partial charge in [0.25, 0.3) is 5.91 Å². The molecule has 2 aromatic rings. The van der Waals surface area contributed by atoms with Crippen LogP contribution in [0.15, 0.2) is 40.9 Å². The van der Waals surface area contributed by atoms with Crippen molar-refractivity contribution < 1.29 is 14.3 Å². The Bertz CT molecular complexity index is 972. The number of nitrogens with zero attached hydrogens (tertiary/aromatic N) is 1. The van der Waals surface area contributed by atoms with Crippen molar-refractivity contribution in [2.24, 2.45) is 0 Å². The van der Waals surface area contributed by atoms with Gasteiger partial charge in [0.2, 0.25) is 5.91 Å². The molecule has 5 nitrogen and oxygen atoms in total. The predicted molar refractivity (Wildman–Crippen MR) is 138 cm³/mol. The summed E-state index contributed by atoms with van der Waals surface area (Å²) < 4.78 is 6.61. The van der Waals surface area contributed by atoms with Crippen LogP contribution >= 0.6 is 39.1 Å². The molecule has 0 heterocycles. The number of halogens is 3. The fraction of sp³-hybridized carbons (Fsp3) is 0.440. The number of benzene rings is 2. The lowest BCUT2D eigenvalue weighted by molar-refractivity contribution is -0.142. The van der Waals surface area contributed by atoms with Gasteiger partial charge in [0.1, 0.15) is 11.8 Å². The van der Waals surface area contributed by atoms with E-state index in [1.807, 2.05) is 32.0 Å². The topological polar surface area (TPSA) is 58.6 Å². The molecule has 0 saturated carbocycles. The van der Waals surface area contributed by atoms with Crippen LogP contribution in [-0.2, 0) is 21.5 Å². The average Bonchev–Trinajstić information content (AvgIpc) is 2.74. The van der Waals surface area contributed by atoms with Gasteiger partial charge in [-0.3, -0.25) is 9.59 Å². The van der Waals surface area contributed by atoms with Crippen molar-refractivity contribution in [3.63, 3.8) is 0 Å². The monoisotopic (exact) mass is 556 g/mol. The Kier molecular flexibility index (Phi) is 10.1. The number of hydrogen-bond donors (Lipinski definition) is 1. The van der Waals surface area contributed by atoms with Crippen LogP contribution in [0.4, 0.5) is 0 Å². The lowest BCUT2D eigenvalue weighted by Gasteiger charge is -2.31. The van der Waals surface area contributed by atoms with E-state index in [1.54, 1.807) is 18.2 Å². The third-order valence-corrected chi connectivity index (χ3v) is 6.60. The standard InChI is InChI=1S/C25H31BrCl2N2O3/c1-6-21(24(32)29-7-2)30(14-17-19(27)9-8-10-20(17)28)23(31)15-33-22-12-11-16(13-18(22)26)25(3,4)5/h8-13,21H,6-7,14-15H2,1-5H3,(H,29,32)/t21-/m1/s1. The van der Waals surface area contributed by atoms with E-state index in [0.29, 0.717) is 34.3 Å². The summed E-state index contributed by atoms with van der Waals surface area (Å²) in [7, 11) is 0. The molecule has 1 N–H and O–H groups in total. The summed E-state index contributed by atoms with van der Waals surface area (Å²) in [6.07, 6.45) is 0.434. The minimum absolute atomic E-state index is 0.0110. The highest BCUT2D eigenvalue weighted by Gasteiger charge is 2.30. The molecule has 180 valence electrons. The van der Waals surface area contributed by atoms with Crippen LogP contribution in [0.25, 0.3) is 0 Å². The van der Waals surface area contributed by atoms with Crippen molar-refractivity contribution in [1.29, 1.82) is 0 Å². The number of carbonyl (C=O) groups is 2. The van der Waals surface area contributed by atoms with Gasteiger partial charge in [0.15, 0.2) is 6.61 Å². The summed E-state index contributed by atoms with van der Waals surface area (Å²) in [6, 6.07) is 10.3. The number of rotatable bonds is 9. The van der Waals surface area contributed by atoms with Gasteiger partial charge < -0.3 is 15.0 Å². The van der Waals surface area contributed by atoms with Crippen LogP contribution in [0.3, 0.4) is 0 Å². The molecule has 2 rings (SSSR count). The number of hydrogen-bond acceptors (Lipinski definition) is 3. The number of ether oxygens (including phenoxy) is 1. The fourth-order valence-electron chi connectivity index (χ4n) is 3.37. The maximum Gasteiger partial charge on any atom is 0.261 e. The summed E-state index contributed by atoms with van der Waals surface area (Å²) in [5.41, 5.74) is 1.72. The normalized spacial score (nSPS) is 12.2. The number of likely N-dealkylation sites (N-methyl/N-ethyl adjacent to an activating group) is 1. The van der Waals surface area contributed by atoms with Crippen molar-refractivity contribution in [1.82, 2.24) is 10.2 Å². The fourth-order valence-corrected chi connectivity index (χ4v) is 4.38. The Morgan fingerprint density at radius 2 is 1.76 bits per heavy atom. The highest BCUT2D eigenvalue weighted by Crippen LogP contribution is 2.32. The van der Waals surface area contributed by atoms with Crippen LogP contribution in [0.5, 0.6) is 5.75 Å². The van der Waals surface area contributed by atoms with E-state index in [0.717, 1.165) is 10.0 Å². The minimum atomic E-state index is -0.680. The molecule has 8 heteroatoms. The van der Waals surface area contributed by atoms with E-state index in [4.69, 9.17) is 27.9 Å². The summed E-state index contributed by atoms with van der Waals surface area (Å²) in [5, 5.41) is 3.68. The second-order valence-electron chi connectivity index (χ2n) is 8.72. The molecule has 0 saturated heterocycles. The van der Waals surface area contributed by atoms with Gasteiger partial charge in [-0.2, -0.15) is 0 Å². The van der Waals surface area contributed by atoms with Crippen molar-refractivity contribution >= 4 is 50.9 Å². The van der Waals surface area contributed by atoms with Gasteiger partial charge in [-0.25, -0.2) is 0 Å². The van der Waals surface area contributed by atoms with Gasteiger partial charge in [-0.1, -0.05) is 63.0 Å². The Labute approximate surface area is 214 Å². The van der Waals surface area contributed by atoms with E-state index < -0.39 is 6.04 Å². The SMILES string of the molecule is CCNC(=O)[C@@H](CC)N(Cc1c(Cl)cccc1Cl)C(=O)COc1ccc(C(C)(C)C)cc1Br. The molecule has 1 atom stereocenters. The average molecular weight is 558 g/mol. The number of amides is 2. The van der Waals surface area contributed by atoms with Crippen molar-refractivity contribution in [2.45, 2.75) is 59.0 Å². The van der Waals surface area contributed by atoms with Crippen LogP contribution in [0.2, 0.25) is 10.0 Å². The molecule has 0 aromatic heterocycles.